The number of carbonyl (C=O) groups is 2. The lowest BCUT2D eigenvalue weighted by atomic mass is 9.81. The van der Waals surface area contributed by atoms with Crippen molar-refractivity contribution in [1.82, 2.24) is 0 Å². The van der Waals surface area contributed by atoms with Crippen LogP contribution in [-0.2, 0) is 9.59 Å². The minimum Gasteiger partial charge on any atom is -0.478 e. The number of allylic oxidation sites excluding steroid dienone is 2. The molecule has 4 N–H and O–H groups in total. The monoisotopic (exact) mass is 272 g/mol. The molecule has 0 aliphatic heterocycles. The Morgan fingerprint density at radius 1 is 0.895 bits per heavy atom. The van der Waals surface area contributed by atoms with E-state index in [2.05, 4.69) is 0 Å². The van der Waals surface area contributed by atoms with Crippen molar-refractivity contribution < 1.29 is 30.0 Å². The molecule has 0 amide bonds. The first-order valence-electron chi connectivity index (χ1n) is 5.80. The van der Waals surface area contributed by atoms with Gasteiger partial charge >= 0.3 is 11.9 Å². The Morgan fingerprint density at radius 3 is 1.42 bits per heavy atom. The van der Waals surface area contributed by atoms with Gasteiger partial charge in [0.1, 0.15) is 0 Å². The molecule has 0 aromatic rings. The Morgan fingerprint density at radius 2 is 1.21 bits per heavy atom. The minimum atomic E-state index is -1.07. The van der Waals surface area contributed by atoms with E-state index in [-0.39, 0.29) is 37.2 Å². The summed E-state index contributed by atoms with van der Waals surface area (Å²) in [7, 11) is 0. The molecule has 0 aliphatic rings. The van der Waals surface area contributed by atoms with Crippen LogP contribution in [0, 0.1) is 5.41 Å². The van der Waals surface area contributed by atoms with Gasteiger partial charge in [-0.2, -0.15) is 0 Å². The number of hydrogen-bond donors (Lipinski definition) is 4. The van der Waals surface area contributed by atoms with E-state index in [1.54, 1.807) is 0 Å². The lowest BCUT2D eigenvalue weighted by molar-refractivity contribution is -0.133. The van der Waals surface area contributed by atoms with Gasteiger partial charge in [-0.25, -0.2) is 9.59 Å². The molecule has 0 aromatic carbocycles. The number of hydrogen-bond acceptors (Lipinski definition) is 4. The van der Waals surface area contributed by atoms with E-state index >= 15 is 0 Å². The fourth-order valence-electron chi connectivity index (χ4n) is 1.31. The van der Waals surface area contributed by atoms with Crippen molar-refractivity contribution in [3.8, 4) is 0 Å². The van der Waals surface area contributed by atoms with Gasteiger partial charge in [0.25, 0.3) is 0 Å². The molecule has 0 spiro atoms. The second-order valence-corrected chi connectivity index (χ2v) is 4.61. The van der Waals surface area contributed by atoms with E-state index in [4.69, 9.17) is 10.2 Å². The molecule has 0 radical (unpaired) electrons. The molecular weight excluding hydrogens is 252 g/mol. The smallest absolute Gasteiger partial charge is 0.330 e. The fraction of sp³-hybridized carbons (Fsp3) is 0.538. The van der Waals surface area contributed by atoms with Crippen molar-refractivity contribution in [3.63, 3.8) is 0 Å². The highest BCUT2D eigenvalue weighted by atomic mass is 16.4. The summed E-state index contributed by atoms with van der Waals surface area (Å²) in [5, 5.41) is 36.2. The highest BCUT2D eigenvalue weighted by molar-refractivity contribution is 5.86. The van der Waals surface area contributed by atoms with Gasteiger partial charge in [0.2, 0.25) is 0 Å². The average molecular weight is 272 g/mol. The highest BCUT2D eigenvalue weighted by Gasteiger charge is 2.27. The molecule has 6 nitrogen and oxygen atoms in total. The molecule has 0 aromatic heterocycles. The standard InChI is InChI=1S/C13H20O6/c1-9(11(16)17)3-5-13(7-14,8-15)6-4-10(2)12(18)19/h3-4,14-15H,5-8H2,1-2H3,(H,16,17)(H,18,19). The first kappa shape index (κ1) is 17.3. The van der Waals surface area contributed by atoms with Crippen LogP contribution in [0.2, 0.25) is 0 Å². The number of aliphatic hydroxyl groups excluding tert-OH is 2. The quantitative estimate of drug-likeness (QED) is 0.486. The SMILES string of the molecule is CC(=CCC(CO)(CO)CC=C(C)C(=O)O)C(=O)O. The van der Waals surface area contributed by atoms with Crippen LogP contribution in [0.3, 0.4) is 0 Å². The maximum Gasteiger partial charge on any atom is 0.330 e. The fourth-order valence-corrected chi connectivity index (χ4v) is 1.31. The van der Waals surface area contributed by atoms with Crippen LogP contribution in [0.5, 0.6) is 0 Å². The third kappa shape index (κ3) is 5.67. The number of rotatable bonds is 8. The van der Waals surface area contributed by atoms with Crippen LogP contribution in [0.15, 0.2) is 23.3 Å². The van der Waals surface area contributed by atoms with Gasteiger partial charge in [0.05, 0.1) is 13.2 Å². The molecule has 0 fully saturated rings. The maximum absolute atomic E-state index is 10.7. The predicted octanol–water partition coefficient (Wildman–Crippen LogP) is 0.799. The molecule has 6 heteroatoms. The molecule has 0 bridgehead atoms. The topological polar surface area (TPSA) is 115 Å². The summed E-state index contributed by atoms with van der Waals surface area (Å²) in [6.07, 6.45) is 3.14. The van der Waals surface area contributed by atoms with Crippen LogP contribution in [-0.4, -0.2) is 45.6 Å². The van der Waals surface area contributed by atoms with Crippen LogP contribution in [0.4, 0.5) is 0 Å². The van der Waals surface area contributed by atoms with Crippen molar-refractivity contribution in [3.05, 3.63) is 23.3 Å². The molecule has 19 heavy (non-hydrogen) atoms. The highest BCUT2D eigenvalue weighted by Crippen LogP contribution is 2.28. The molecule has 0 atom stereocenters. The van der Waals surface area contributed by atoms with Gasteiger partial charge in [0, 0.05) is 16.6 Å². The van der Waals surface area contributed by atoms with E-state index in [1.165, 1.54) is 26.0 Å². The van der Waals surface area contributed by atoms with E-state index in [1.807, 2.05) is 0 Å². The van der Waals surface area contributed by atoms with E-state index in [0.717, 1.165) is 0 Å². The molecule has 0 heterocycles. The number of carboxylic acids is 2. The number of aliphatic hydroxyl groups is 2. The summed E-state index contributed by atoms with van der Waals surface area (Å²) in [6.45, 7) is 2.10. The molecule has 0 rings (SSSR count). The van der Waals surface area contributed by atoms with Crippen molar-refractivity contribution in [2.45, 2.75) is 26.7 Å². The van der Waals surface area contributed by atoms with Crippen molar-refractivity contribution in [1.29, 1.82) is 0 Å². The molecule has 0 aliphatic carbocycles. The van der Waals surface area contributed by atoms with Gasteiger partial charge in [-0.1, -0.05) is 12.2 Å². The zero-order valence-corrected chi connectivity index (χ0v) is 11.1. The Kier molecular flexibility index (Phi) is 7.03. The van der Waals surface area contributed by atoms with Crippen LogP contribution < -0.4 is 0 Å². The Balaban J connectivity index is 4.96. The van der Waals surface area contributed by atoms with Crippen molar-refractivity contribution in [2.75, 3.05) is 13.2 Å². The normalized spacial score (nSPS) is 13.5. The second kappa shape index (κ2) is 7.70. The summed E-state index contributed by atoms with van der Waals surface area (Å²) < 4.78 is 0. The van der Waals surface area contributed by atoms with Crippen molar-refractivity contribution >= 4 is 11.9 Å². The Hall–Kier alpha value is -1.66. The average Bonchev–Trinajstić information content (AvgIpc) is 2.38. The second-order valence-electron chi connectivity index (χ2n) is 4.61. The molecular formula is C13H20O6. The van der Waals surface area contributed by atoms with Gasteiger partial charge in [-0.15, -0.1) is 0 Å². The van der Waals surface area contributed by atoms with E-state index in [0.29, 0.717) is 0 Å². The van der Waals surface area contributed by atoms with E-state index in [9.17, 15) is 19.8 Å². The van der Waals surface area contributed by atoms with Gasteiger partial charge in [-0.05, 0) is 26.7 Å². The third-order valence-electron chi connectivity index (χ3n) is 3.03. The lowest BCUT2D eigenvalue weighted by Crippen LogP contribution is -2.29. The van der Waals surface area contributed by atoms with Gasteiger partial charge in [0.15, 0.2) is 0 Å². The lowest BCUT2D eigenvalue weighted by Gasteiger charge is -2.27. The first-order chi connectivity index (χ1) is 8.78. The summed E-state index contributed by atoms with van der Waals surface area (Å²) >= 11 is 0. The molecule has 0 unspecified atom stereocenters. The molecule has 0 saturated heterocycles. The molecule has 108 valence electrons. The number of aliphatic carboxylic acids is 2. The van der Waals surface area contributed by atoms with Crippen LogP contribution in [0.1, 0.15) is 26.7 Å². The number of carboxylic acid groups (broad SMARTS) is 2. The summed E-state index contributed by atoms with van der Waals surface area (Å²) in [5.41, 5.74) is -0.719. The van der Waals surface area contributed by atoms with Gasteiger partial charge < -0.3 is 20.4 Å². The zero-order valence-electron chi connectivity index (χ0n) is 11.1. The van der Waals surface area contributed by atoms with E-state index < -0.39 is 17.4 Å². The summed E-state index contributed by atoms with van der Waals surface area (Å²) in [5.74, 6) is -2.14. The molecule has 0 saturated carbocycles. The van der Waals surface area contributed by atoms with Crippen LogP contribution in [0.25, 0.3) is 0 Å². The summed E-state index contributed by atoms with van der Waals surface area (Å²) in [6, 6.07) is 0. The van der Waals surface area contributed by atoms with Crippen LogP contribution >= 0.6 is 0 Å². The Labute approximate surface area is 111 Å². The Bertz CT molecular complexity index is 356. The largest absolute Gasteiger partial charge is 0.478 e. The predicted molar refractivity (Wildman–Crippen MR) is 68.6 cm³/mol. The summed E-state index contributed by atoms with van der Waals surface area (Å²) in [4.78, 5) is 21.3. The third-order valence-corrected chi connectivity index (χ3v) is 3.03. The van der Waals surface area contributed by atoms with Gasteiger partial charge in [-0.3, -0.25) is 0 Å². The zero-order chi connectivity index (χ0) is 15.1. The minimum absolute atomic E-state index is 0.116. The maximum atomic E-state index is 10.7. The first-order valence-corrected chi connectivity index (χ1v) is 5.80. The van der Waals surface area contributed by atoms with Crippen molar-refractivity contribution in [2.24, 2.45) is 5.41 Å².